The maximum Gasteiger partial charge on any atom is 0.0582 e. The minimum atomic E-state index is 0.305. The SMILES string of the molecule is CC(C)c1ccccc1C1NCCC=C1c1ccccc1. The van der Waals surface area contributed by atoms with Crippen molar-refractivity contribution in [2.75, 3.05) is 6.54 Å². The molecule has 1 atom stereocenters. The van der Waals surface area contributed by atoms with Crippen LogP contribution >= 0.6 is 0 Å². The molecule has 1 unspecified atom stereocenters. The molecule has 1 N–H and O–H groups in total. The van der Waals surface area contributed by atoms with Gasteiger partial charge >= 0.3 is 0 Å². The van der Waals surface area contributed by atoms with Crippen molar-refractivity contribution in [1.82, 2.24) is 5.32 Å². The summed E-state index contributed by atoms with van der Waals surface area (Å²) < 4.78 is 0. The van der Waals surface area contributed by atoms with Crippen molar-refractivity contribution in [3.8, 4) is 0 Å². The average molecular weight is 277 g/mol. The van der Waals surface area contributed by atoms with Gasteiger partial charge in [-0.05, 0) is 41.1 Å². The summed E-state index contributed by atoms with van der Waals surface area (Å²) in [7, 11) is 0. The van der Waals surface area contributed by atoms with Crippen molar-refractivity contribution in [2.24, 2.45) is 0 Å². The van der Waals surface area contributed by atoms with Crippen LogP contribution in [0.5, 0.6) is 0 Å². The number of nitrogens with one attached hydrogen (secondary N) is 1. The number of hydrogen-bond acceptors (Lipinski definition) is 1. The first-order valence-corrected chi connectivity index (χ1v) is 7.85. The van der Waals surface area contributed by atoms with Crippen molar-refractivity contribution < 1.29 is 0 Å². The fourth-order valence-corrected chi connectivity index (χ4v) is 3.18. The van der Waals surface area contributed by atoms with E-state index in [2.05, 4.69) is 79.8 Å². The first kappa shape index (κ1) is 14.1. The third kappa shape index (κ3) is 2.93. The van der Waals surface area contributed by atoms with E-state index in [0.717, 1.165) is 13.0 Å². The van der Waals surface area contributed by atoms with Crippen LogP contribution in [0, 0.1) is 0 Å². The van der Waals surface area contributed by atoms with Crippen LogP contribution in [0.1, 0.15) is 48.9 Å². The first-order chi connectivity index (χ1) is 10.3. The van der Waals surface area contributed by atoms with Gasteiger partial charge in [-0.25, -0.2) is 0 Å². The van der Waals surface area contributed by atoms with Gasteiger partial charge in [-0.2, -0.15) is 0 Å². The Morgan fingerprint density at radius 2 is 1.67 bits per heavy atom. The minimum Gasteiger partial charge on any atom is -0.306 e. The molecule has 2 aromatic carbocycles. The monoisotopic (exact) mass is 277 g/mol. The van der Waals surface area contributed by atoms with Crippen LogP contribution in [-0.4, -0.2) is 6.54 Å². The molecule has 0 radical (unpaired) electrons. The molecule has 0 saturated carbocycles. The predicted molar refractivity (Wildman–Crippen MR) is 90.3 cm³/mol. The van der Waals surface area contributed by atoms with Gasteiger partial charge in [-0.3, -0.25) is 0 Å². The van der Waals surface area contributed by atoms with E-state index < -0.39 is 0 Å². The van der Waals surface area contributed by atoms with Gasteiger partial charge < -0.3 is 5.32 Å². The molecule has 1 nitrogen and oxygen atoms in total. The fourth-order valence-electron chi connectivity index (χ4n) is 3.18. The lowest BCUT2D eigenvalue weighted by atomic mass is 9.85. The zero-order valence-corrected chi connectivity index (χ0v) is 12.8. The Morgan fingerprint density at radius 1 is 0.952 bits per heavy atom. The van der Waals surface area contributed by atoms with Crippen molar-refractivity contribution in [3.05, 3.63) is 77.4 Å². The molecule has 1 aliphatic heterocycles. The Balaban J connectivity index is 2.05. The van der Waals surface area contributed by atoms with Gasteiger partial charge in [0.25, 0.3) is 0 Å². The quantitative estimate of drug-likeness (QED) is 0.839. The van der Waals surface area contributed by atoms with E-state index in [1.807, 2.05) is 0 Å². The second-order valence-corrected chi connectivity index (χ2v) is 5.98. The van der Waals surface area contributed by atoms with Crippen LogP contribution in [0.3, 0.4) is 0 Å². The Bertz CT molecular complexity index is 625. The lowest BCUT2D eigenvalue weighted by molar-refractivity contribution is 0.607. The van der Waals surface area contributed by atoms with E-state index in [1.165, 1.54) is 22.3 Å². The summed E-state index contributed by atoms with van der Waals surface area (Å²) in [5.41, 5.74) is 5.60. The molecule has 0 amide bonds. The summed E-state index contributed by atoms with van der Waals surface area (Å²) in [5.74, 6) is 0.543. The summed E-state index contributed by atoms with van der Waals surface area (Å²) in [4.78, 5) is 0. The average Bonchev–Trinajstić information content (AvgIpc) is 2.55. The van der Waals surface area contributed by atoms with Crippen LogP contribution in [0.15, 0.2) is 60.7 Å². The first-order valence-electron chi connectivity index (χ1n) is 7.85. The Kier molecular flexibility index (Phi) is 4.21. The predicted octanol–water partition coefficient (Wildman–Crippen LogP) is 4.93. The van der Waals surface area contributed by atoms with Gasteiger partial charge in [0.05, 0.1) is 6.04 Å². The Hall–Kier alpha value is -1.86. The Morgan fingerprint density at radius 3 is 2.43 bits per heavy atom. The lowest BCUT2D eigenvalue weighted by Crippen LogP contribution is -2.28. The second-order valence-electron chi connectivity index (χ2n) is 5.98. The van der Waals surface area contributed by atoms with E-state index in [9.17, 15) is 0 Å². The van der Waals surface area contributed by atoms with E-state index in [4.69, 9.17) is 0 Å². The van der Waals surface area contributed by atoms with E-state index >= 15 is 0 Å². The van der Waals surface area contributed by atoms with Crippen molar-refractivity contribution >= 4 is 5.57 Å². The molecule has 0 saturated heterocycles. The molecular formula is C20H23N. The molecule has 0 aliphatic carbocycles. The number of rotatable bonds is 3. The second kappa shape index (κ2) is 6.28. The summed E-state index contributed by atoms with van der Waals surface area (Å²) >= 11 is 0. The molecule has 1 heteroatoms. The van der Waals surface area contributed by atoms with Gasteiger partial charge in [-0.1, -0.05) is 74.5 Å². The summed E-state index contributed by atoms with van der Waals surface area (Å²) in [6, 6.07) is 19.9. The third-order valence-electron chi connectivity index (χ3n) is 4.20. The summed E-state index contributed by atoms with van der Waals surface area (Å²) in [6.07, 6.45) is 3.50. The zero-order valence-electron chi connectivity index (χ0n) is 12.8. The van der Waals surface area contributed by atoms with Gasteiger partial charge in [0, 0.05) is 0 Å². The highest BCUT2D eigenvalue weighted by molar-refractivity contribution is 5.72. The molecule has 3 rings (SSSR count). The van der Waals surface area contributed by atoms with Gasteiger partial charge in [0.1, 0.15) is 0 Å². The van der Waals surface area contributed by atoms with E-state index in [-0.39, 0.29) is 0 Å². The highest BCUT2D eigenvalue weighted by atomic mass is 14.9. The molecule has 108 valence electrons. The van der Waals surface area contributed by atoms with Gasteiger partial charge in [0.2, 0.25) is 0 Å². The van der Waals surface area contributed by atoms with Crippen LogP contribution in [0.4, 0.5) is 0 Å². The molecule has 0 fully saturated rings. The normalized spacial score (nSPS) is 18.6. The van der Waals surface area contributed by atoms with Crippen molar-refractivity contribution in [2.45, 2.75) is 32.2 Å². The Labute approximate surface area is 127 Å². The van der Waals surface area contributed by atoms with Gasteiger partial charge in [0.15, 0.2) is 0 Å². The van der Waals surface area contributed by atoms with Crippen LogP contribution in [-0.2, 0) is 0 Å². The van der Waals surface area contributed by atoms with Gasteiger partial charge in [-0.15, -0.1) is 0 Å². The molecule has 0 spiro atoms. The highest BCUT2D eigenvalue weighted by Crippen LogP contribution is 2.36. The molecular weight excluding hydrogens is 254 g/mol. The minimum absolute atomic E-state index is 0.305. The summed E-state index contributed by atoms with van der Waals surface area (Å²) in [6.45, 7) is 5.59. The zero-order chi connectivity index (χ0) is 14.7. The fraction of sp³-hybridized carbons (Fsp3) is 0.300. The third-order valence-corrected chi connectivity index (χ3v) is 4.20. The lowest BCUT2D eigenvalue weighted by Gasteiger charge is -2.29. The standard InChI is InChI=1S/C20H23N/c1-15(2)17-11-6-7-12-19(17)20-18(13-8-14-21-20)16-9-4-3-5-10-16/h3-7,9-13,15,20-21H,8,14H2,1-2H3. The largest absolute Gasteiger partial charge is 0.306 e. The number of benzene rings is 2. The number of hydrogen-bond donors (Lipinski definition) is 1. The molecule has 2 aromatic rings. The topological polar surface area (TPSA) is 12.0 Å². The maximum atomic E-state index is 3.71. The smallest absolute Gasteiger partial charge is 0.0582 e. The van der Waals surface area contributed by atoms with Crippen molar-refractivity contribution in [3.63, 3.8) is 0 Å². The molecule has 0 bridgehead atoms. The summed E-state index contributed by atoms with van der Waals surface area (Å²) in [5, 5.41) is 3.71. The van der Waals surface area contributed by atoms with Crippen molar-refractivity contribution in [1.29, 1.82) is 0 Å². The molecule has 0 aromatic heterocycles. The molecule has 21 heavy (non-hydrogen) atoms. The van der Waals surface area contributed by atoms with E-state index in [0.29, 0.717) is 12.0 Å². The van der Waals surface area contributed by atoms with Crippen LogP contribution < -0.4 is 5.32 Å². The highest BCUT2D eigenvalue weighted by Gasteiger charge is 2.23. The maximum absolute atomic E-state index is 3.71. The molecule has 1 heterocycles. The van der Waals surface area contributed by atoms with E-state index in [1.54, 1.807) is 0 Å². The van der Waals surface area contributed by atoms with Crippen LogP contribution in [0.2, 0.25) is 0 Å². The molecule has 1 aliphatic rings. The van der Waals surface area contributed by atoms with Crippen LogP contribution in [0.25, 0.3) is 5.57 Å².